The van der Waals surface area contributed by atoms with Gasteiger partial charge in [0.1, 0.15) is 6.61 Å². The van der Waals surface area contributed by atoms with Gasteiger partial charge >= 0.3 is 6.09 Å². The van der Waals surface area contributed by atoms with Crippen molar-refractivity contribution in [3.05, 3.63) is 78.0 Å². The lowest BCUT2D eigenvalue weighted by Crippen LogP contribution is -2.43. The fourth-order valence-electron chi connectivity index (χ4n) is 4.60. The molecule has 0 radical (unpaired) electrons. The number of benzene rings is 2. The molecule has 5 rings (SSSR count). The summed E-state index contributed by atoms with van der Waals surface area (Å²) in [5, 5.41) is 1.26. The Bertz CT molecular complexity index is 1050. The van der Waals surface area contributed by atoms with Crippen molar-refractivity contribution in [1.82, 2.24) is 9.47 Å². The summed E-state index contributed by atoms with van der Waals surface area (Å²) in [5.74, 6) is 0. The van der Waals surface area contributed by atoms with Gasteiger partial charge in [0.05, 0.1) is 6.04 Å². The molecule has 142 valence electrons. The monoisotopic (exact) mass is 372 g/mol. The second kappa shape index (κ2) is 6.86. The minimum absolute atomic E-state index is 0.142. The van der Waals surface area contributed by atoms with Crippen molar-refractivity contribution in [2.24, 2.45) is 7.05 Å². The van der Waals surface area contributed by atoms with Crippen molar-refractivity contribution in [3.63, 3.8) is 0 Å². The molecule has 2 atom stereocenters. The number of fused-ring (bicyclic) bond motifs is 3. The molecule has 1 fully saturated rings. The highest BCUT2D eigenvalue weighted by atomic mass is 16.6. The van der Waals surface area contributed by atoms with Crippen LogP contribution in [0, 0.1) is 0 Å². The van der Waals surface area contributed by atoms with Crippen LogP contribution in [0.2, 0.25) is 0 Å². The molecule has 2 bridgehead atoms. The van der Waals surface area contributed by atoms with Crippen LogP contribution in [0.5, 0.6) is 0 Å². The molecule has 4 heteroatoms. The van der Waals surface area contributed by atoms with Crippen LogP contribution >= 0.6 is 0 Å². The quantitative estimate of drug-likeness (QED) is 0.638. The maximum Gasteiger partial charge on any atom is 0.410 e. The van der Waals surface area contributed by atoms with Gasteiger partial charge in [-0.3, -0.25) is 4.90 Å². The second-order valence-corrected chi connectivity index (χ2v) is 7.84. The molecule has 0 N–H and O–H groups in total. The molecule has 2 unspecified atom stereocenters. The Labute approximate surface area is 165 Å². The molecule has 1 amide bonds. The van der Waals surface area contributed by atoms with E-state index in [0.717, 1.165) is 24.8 Å². The molecule has 0 spiro atoms. The molecule has 2 aromatic carbocycles. The van der Waals surface area contributed by atoms with Crippen LogP contribution in [-0.2, 0) is 18.4 Å². The standard InChI is InChI=1S/C24H24N2O2/c1-25-12-11-19-13-18(7-10-23(19)25)20-14-21-8-9-22(15-20)26(21)24(27)28-16-17-5-3-2-4-6-17/h2-7,10-14,21-22H,8-9,15-16H2,1H3. The molecule has 4 nitrogen and oxygen atoms in total. The van der Waals surface area contributed by atoms with Crippen LogP contribution in [0.4, 0.5) is 4.79 Å². The Hall–Kier alpha value is -3.01. The summed E-state index contributed by atoms with van der Waals surface area (Å²) in [6, 6.07) is 19.1. The number of carbonyl (C=O) groups excluding carboxylic acids is 1. The average molecular weight is 372 g/mol. The van der Waals surface area contributed by atoms with Crippen molar-refractivity contribution in [3.8, 4) is 0 Å². The van der Waals surface area contributed by atoms with Gasteiger partial charge in [-0.05, 0) is 54.2 Å². The first-order valence-electron chi connectivity index (χ1n) is 9.94. The molecule has 0 saturated carbocycles. The molecule has 1 aromatic heterocycles. The Morgan fingerprint density at radius 2 is 1.96 bits per heavy atom. The minimum atomic E-state index is -0.190. The summed E-state index contributed by atoms with van der Waals surface area (Å²) in [6.07, 6.45) is 7.14. The SMILES string of the molecule is Cn1ccc2cc(C3=CC4CCC(C3)N4C(=O)OCc3ccccc3)ccc21. The molecule has 3 heterocycles. The van der Waals surface area contributed by atoms with Crippen molar-refractivity contribution in [2.75, 3.05) is 0 Å². The van der Waals surface area contributed by atoms with E-state index in [1.807, 2.05) is 35.2 Å². The van der Waals surface area contributed by atoms with Crippen LogP contribution in [0.1, 0.15) is 30.4 Å². The van der Waals surface area contributed by atoms with Gasteiger partial charge in [-0.2, -0.15) is 0 Å². The van der Waals surface area contributed by atoms with Gasteiger partial charge in [-0.15, -0.1) is 0 Å². The Balaban J connectivity index is 1.33. The molecule has 2 aliphatic rings. The van der Waals surface area contributed by atoms with Crippen molar-refractivity contribution in [1.29, 1.82) is 0 Å². The lowest BCUT2D eigenvalue weighted by molar-refractivity contribution is 0.0832. The highest BCUT2D eigenvalue weighted by Gasteiger charge is 2.40. The lowest BCUT2D eigenvalue weighted by atomic mass is 9.94. The lowest BCUT2D eigenvalue weighted by Gasteiger charge is -2.33. The first-order chi connectivity index (χ1) is 13.7. The summed E-state index contributed by atoms with van der Waals surface area (Å²) in [4.78, 5) is 14.7. The number of ether oxygens (including phenoxy) is 1. The normalized spacial score (nSPS) is 21.0. The van der Waals surface area contributed by atoms with Gasteiger partial charge < -0.3 is 9.30 Å². The van der Waals surface area contributed by atoms with Crippen LogP contribution in [0.25, 0.3) is 16.5 Å². The van der Waals surface area contributed by atoms with Crippen molar-refractivity contribution in [2.45, 2.75) is 38.0 Å². The number of hydrogen-bond acceptors (Lipinski definition) is 2. The zero-order chi connectivity index (χ0) is 19.1. The summed E-state index contributed by atoms with van der Waals surface area (Å²) >= 11 is 0. The van der Waals surface area contributed by atoms with E-state index in [9.17, 15) is 4.79 Å². The smallest absolute Gasteiger partial charge is 0.410 e. The van der Waals surface area contributed by atoms with E-state index in [1.165, 1.54) is 22.0 Å². The van der Waals surface area contributed by atoms with Gasteiger partial charge in [0.15, 0.2) is 0 Å². The van der Waals surface area contributed by atoms with Gasteiger partial charge in [0.25, 0.3) is 0 Å². The highest BCUT2D eigenvalue weighted by molar-refractivity contribution is 5.85. The molecule has 28 heavy (non-hydrogen) atoms. The van der Waals surface area contributed by atoms with E-state index >= 15 is 0 Å². The minimum Gasteiger partial charge on any atom is -0.445 e. The fraction of sp³-hybridized carbons (Fsp3) is 0.292. The predicted octanol–water partition coefficient (Wildman–Crippen LogP) is 5.14. The number of nitrogens with zero attached hydrogens (tertiary/aromatic N) is 2. The third kappa shape index (κ3) is 2.99. The number of carbonyl (C=O) groups is 1. The fourth-order valence-corrected chi connectivity index (χ4v) is 4.60. The predicted molar refractivity (Wildman–Crippen MR) is 111 cm³/mol. The third-order valence-electron chi connectivity index (χ3n) is 6.07. The summed E-state index contributed by atoms with van der Waals surface area (Å²) < 4.78 is 7.75. The second-order valence-electron chi connectivity index (χ2n) is 7.84. The largest absolute Gasteiger partial charge is 0.445 e. The van der Waals surface area contributed by atoms with Crippen molar-refractivity contribution >= 4 is 22.6 Å². The van der Waals surface area contributed by atoms with Gasteiger partial charge in [0, 0.05) is 30.2 Å². The van der Waals surface area contributed by atoms with Gasteiger partial charge in [0.2, 0.25) is 0 Å². The van der Waals surface area contributed by atoms with Crippen LogP contribution in [0.15, 0.2) is 66.9 Å². The highest BCUT2D eigenvalue weighted by Crippen LogP contribution is 2.39. The number of hydrogen-bond donors (Lipinski definition) is 0. The summed E-state index contributed by atoms with van der Waals surface area (Å²) in [5.41, 5.74) is 4.89. The first kappa shape index (κ1) is 17.1. The maximum absolute atomic E-state index is 12.7. The Morgan fingerprint density at radius 1 is 1.11 bits per heavy atom. The first-order valence-corrected chi connectivity index (χ1v) is 9.94. The van der Waals surface area contributed by atoms with Gasteiger partial charge in [-0.25, -0.2) is 4.79 Å². The van der Waals surface area contributed by atoms with Crippen LogP contribution in [0.3, 0.4) is 0 Å². The Morgan fingerprint density at radius 3 is 2.79 bits per heavy atom. The van der Waals surface area contributed by atoms with Crippen LogP contribution < -0.4 is 0 Å². The van der Waals surface area contributed by atoms with E-state index in [-0.39, 0.29) is 18.2 Å². The van der Waals surface area contributed by atoms with Gasteiger partial charge in [-0.1, -0.05) is 42.5 Å². The van der Waals surface area contributed by atoms with Crippen LogP contribution in [-0.4, -0.2) is 27.6 Å². The third-order valence-corrected chi connectivity index (χ3v) is 6.07. The number of aromatic nitrogens is 1. The topological polar surface area (TPSA) is 34.5 Å². The number of rotatable bonds is 3. The molecular weight excluding hydrogens is 348 g/mol. The van der Waals surface area contributed by atoms with E-state index in [0.29, 0.717) is 6.61 Å². The average Bonchev–Trinajstić information content (AvgIpc) is 3.23. The van der Waals surface area contributed by atoms with E-state index < -0.39 is 0 Å². The maximum atomic E-state index is 12.7. The van der Waals surface area contributed by atoms with E-state index in [2.05, 4.69) is 48.2 Å². The molecular formula is C24H24N2O2. The zero-order valence-corrected chi connectivity index (χ0v) is 16.0. The van der Waals surface area contributed by atoms with Crippen molar-refractivity contribution < 1.29 is 9.53 Å². The molecule has 2 aliphatic heterocycles. The summed E-state index contributed by atoms with van der Waals surface area (Å²) in [6.45, 7) is 0.330. The number of amides is 1. The molecule has 3 aromatic rings. The zero-order valence-electron chi connectivity index (χ0n) is 16.0. The van der Waals surface area contributed by atoms with E-state index in [1.54, 1.807) is 0 Å². The molecule has 1 saturated heterocycles. The summed E-state index contributed by atoms with van der Waals surface area (Å²) in [7, 11) is 2.07. The molecule has 0 aliphatic carbocycles. The van der Waals surface area contributed by atoms with E-state index in [4.69, 9.17) is 4.74 Å². The Kier molecular flexibility index (Phi) is 4.19. The number of aryl methyl sites for hydroxylation is 1.